The largest absolute Gasteiger partial charge is 0.301 e. The van der Waals surface area contributed by atoms with Gasteiger partial charge in [-0.05, 0) is 49.3 Å². The van der Waals surface area contributed by atoms with Crippen molar-refractivity contribution in [3.05, 3.63) is 56.1 Å². The molecule has 0 saturated heterocycles. The Hall–Kier alpha value is -2.49. The Balaban J connectivity index is 1.36. The topological polar surface area (TPSA) is 87.7 Å². The van der Waals surface area contributed by atoms with Crippen molar-refractivity contribution in [2.24, 2.45) is 0 Å². The summed E-state index contributed by atoms with van der Waals surface area (Å²) in [7, 11) is 0. The van der Waals surface area contributed by atoms with Crippen molar-refractivity contribution in [1.82, 2.24) is 15.0 Å². The lowest BCUT2D eigenvalue weighted by Gasteiger charge is -2.16. The van der Waals surface area contributed by atoms with E-state index in [0.29, 0.717) is 20.5 Å². The van der Waals surface area contributed by atoms with E-state index in [4.69, 9.17) is 0 Å². The van der Waals surface area contributed by atoms with Crippen molar-refractivity contribution in [1.29, 1.82) is 0 Å². The monoisotopic (exact) mass is 468 g/mol. The SMILES string of the molecule is Cc1csc(NC(=O)CSc2nc3scc(-c4ccc5c(c4)CCCC5)c3c(=O)[nH]2)n1. The van der Waals surface area contributed by atoms with Crippen LogP contribution in [0.15, 0.2) is 38.9 Å². The van der Waals surface area contributed by atoms with Gasteiger partial charge < -0.3 is 10.3 Å². The highest BCUT2D eigenvalue weighted by molar-refractivity contribution is 7.99. The summed E-state index contributed by atoms with van der Waals surface area (Å²) >= 11 is 4.06. The highest BCUT2D eigenvalue weighted by atomic mass is 32.2. The summed E-state index contributed by atoms with van der Waals surface area (Å²) in [6.07, 6.45) is 4.71. The van der Waals surface area contributed by atoms with Gasteiger partial charge in [-0.3, -0.25) is 9.59 Å². The van der Waals surface area contributed by atoms with Gasteiger partial charge in [0.25, 0.3) is 5.56 Å². The Morgan fingerprint density at radius 2 is 2.00 bits per heavy atom. The zero-order chi connectivity index (χ0) is 21.4. The molecule has 9 heteroatoms. The molecular weight excluding hydrogens is 448 g/mol. The molecule has 1 aliphatic carbocycles. The van der Waals surface area contributed by atoms with Crippen LogP contribution < -0.4 is 10.9 Å². The van der Waals surface area contributed by atoms with Crippen LogP contribution in [0, 0.1) is 6.92 Å². The number of thiophene rings is 1. The lowest BCUT2D eigenvalue weighted by Crippen LogP contribution is -2.15. The summed E-state index contributed by atoms with van der Waals surface area (Å²) in [4.78, 5) is 37.4. The third-order valence-corrected chi connectivity index (χ3v) is 7.91. The molecule has 5 rings (SSSR count). The number of thioether (sulfide) groups is 1. The number of hydrogen-bond acceptors (Lipinski definition) is 7. The highest BCUT2D eigenvalue weighted by Gasteiger charge is 2.16. The molecule has 1 aliphatic rings. The number of thiazole rings is 1. The number of amides is 1. The van der Waals surface area contributed by atoms with E-state index in [2.05, 4.69) is 38.5 Å². The van der Waals surface area contributed by atoms with Crippen LogP contribution in [0.1, 0.15) is 29.7 Å². The van der Waals surface area contributed by atoms with Gasteiger partial charge in [0.1, 0.15) is 4.83 Å². The van der Waals surface area contributed by atoms with Crippen LogP contribution in [0.4, 0.5) is 5.13 Å². The number of H-pyrrole nitrogens is 1. The number of carbonyl (C=O) groups excluding carboxylic acids is 1. The van der Waals surface area contributed by atoms with Crippen molar-refractivity contribution in [2.75, 3.05) is 11.1 Å². The standard InChI is InChI=1S/C22H20N4O2S3/c1-12-9-30-21(23-12)24-17(27)11-31-22-25-19(28)18-16(10-29-20(18)26-22)15-7-6-13-4-2-3-5-14(13)8-15/h6-10H,2-5,11H2,1H3,(H,23,24,27)(H,25,26,28). The van der Waals surface area contributed by atoms with E-state index in [0.717, 1.165) is 29.7 Å². The van der Waals surface area contributed by atoms with Crippen molar-refractivity contribution in [3.8, 4) is 11.1 Å². The van der Waals surface area contributed by atoms with Crippen molar-refractivity contribution >= 4 is 55.7 Å². The first-order valence-corrected chi connectivity index (χ1v) is 12.8. The molecule has 0 bridgehead atoms. The summed E-state index contributed by atoms with van der Waals surface area (Å²) in [5.41, 5.74) is 5.51. The van der Waals surface area contributed by atoms with Crippen LogP contribution in [0.25, 0.3) is 21.3 Å². The predicted octanol–water partition coefficient (Wildman–Crippen LogP) is 5.03. The van der Waals surface area contributed by atoms with Crippen molar-refractivity contribution < 1.29 is 4.79 Å². The van der Waals surface area contributed by atoms with Gasteiger partial charge in [-0.25, -0.2) is 9.97 Å². The maximum atomic E-state index is 12.9. The molecule has 0 radical (unpaired) electrons. The molecule has 3 heterocycles. The van der Waals surface area contributed by atoms with Gasteiger partial charge in [0.05, 0.1) is 16.8 Å². The molecule has 158 valence electrons. The fourth-order valence-electron chi connectivity index (χ4n) is 3.81. The minimum Gasteiger partial charge on any atom is -0.301 e. The van der Waals surface area contributed by atoms with E-state index in [1.807, 2.05) is 17.7 Å². The average molecular weight is 469 g/mol. The van der Waals surface area contributed by atoms with Crippen LogP contribution in [-0.2, 0) is 17.6 Å². The summed E-state index contributed by atoms with van der Waals surface area (Å²) in [5, 5.41) is 8.29. The molecule has 0 saturated carbocycles. The van der Waals surface area contributed by atoms with E-state index in [9.17, 15) is 9.59 Å². The molecule has 2 N–H and O–H groups in total. The molecule has 1 amide bonds. The first-order chi connectivity index (χ1) is 15.1. The van der Waals surface area contributed by atoms with E-state index in [1.54, 1.807) is 0 Å². The number of hydrogen-bond donors (Lipinski definition) is 2. The molecule has 4 aromatic rings. The molecule has 1 aromatic carbocycles. The number of aryl methyl sites for hydroxylation is 3. The van der Waals surface area contributed by atoms with E-state index < -0.39 is 0 Å². The smallest absolute Gasteiger partial charge is 0.260 e. The molecule has 0 atom stereocenters. The molecule has 3 aromatic heterocycles. The average Bonchev–Trinajstić information content (AvgIpc) is 3.38. The zero-order valence-electron chi connectivity index (χ0n) is 16.9. The second-order valence-corrected chi connectivity index (χ2v) is 10.2. The van der Waals surface area contributed by atoms with Gasteiger partial charge in [0, 0.05) is 16.3 Å². The Kier molecular flexibility index (Phi) is 5.64. The van der Waals surface area contributed by atoms with Gasteiger partial charge in [-0.1, -0.05) is 30.0 Å². The first kappa shape index (κ1) is 20.4. The lowest BCUT2D eigenvalue weighted by molar-refractivity contribution is -0.113. The Bertz CT molecular complexity index is 1340. The molecule has 31 heavy (non-hydrogen) atoms. The normalized spacial score (nSPS) is 13.3. The molecule has 0 fully saturated rings. The number of aromatic nitrogens is 3. The van der Waals surface area contributed by atoms with Crippen LogP contribution in [0.2, 0.25) is 0 Å². The number of rotatable bonds is 5. The Labute approximate surface area is 191 Å². The van der Waals surface area contributed by atoms with Gasteiger partial charge in [0.15, 0.2) is 10.3 Å². The number of benzene rings is 1. The Morgan fingerprint density at radius 3 is 2.81 bits per heavy atom. The third-order valence-electron chi connectivity index (χ3n) is 5.29. The maximum Gasteiger partial charge on any atom is 0.260 e. The summed E-state index contributed by atoms with van der Waals surface area (Å²) in [5.74, 6) is -0.0288. The lowest BCUT2D eigenvalue weighted by atomic mass is 9.89. The fraction of sp³-hybridized carbons (Fsp3) is 0.273. The molecule has 0 spiro atoms. The van der Waals surface area contributed by atoms with E-state index in [1.165, 1.54) is 58.4 Å². The van der Waals surface area contributed by atoms with E-state index in [-0.39, 0.29) is 17.2 Å². The second kappa shape index (κ2) is 8.57. The Morgan fingerprint density at radius 1 is 1.16 bits per heavy atom. The molecular formula is C22H20N4O2S3. The predicted molar refractivity (Wildman–Crippen MR) is 129 cm³/mol. The summed E-state index contributed by atoms with van der Waals surface area (Å²) in [6, 6.07) is 6.53. The number of aromatic amines is 1. The molecule has 6 nitrogen and oxygen atoms in total. The third kappa shape index (κ3) is 4.30. The van der Waals surface area contributed by atoms with Gasteiger partial charge in [0.2, 0.25) is 5.91 Å². The summed E-state index contributed by atoms with van der Waals surface area (Å²) in [6.45, 7) is 1.88. The minimum atomic E-state index is -0.178. The van der Waals surface area contributed by atoms with Crippen LogP contribution in [-0.4, -0.2) is 26.6 Å². The number of anilines is 1. The number of carbonyl (C=O) groups is 1. The van der Waals surface area contributed by atoms with Gasteiger partial charge >= 0.3 is 0 Å². The number of nitrogens with one attached hydrogen (secondary N) is 2. The first-order valence-electron chi connectivity index (χ1n) is 10.1. The second-order valence-electron chi connectivity index (χ2n) is 7.52. The van der Waals surface area contributed by atoms with Crippen molar-refractivity contribution in [2.45, 2.75) is 37.8 Å². The van der Waals surface area contributed by atoms with E-state index >= 15 is 0 Å². The van der Waals surface area contributed by atoms with Gasteiger partial charge in [-0.15, -0.1) is 22.7 Å². The number of fused-ring (bicyclic) bond motifs is 2. The van der Waals surface area contributed by atoms with Crippen LogP contribution in [0.3, 0.4) is 0 Å². The van der Waals surface area contributed by atoms with Crippen LogP contribution >= 0.6 is 34.4 Å². The highest BCUT2D eigenvalue weighted by Crippen LogP contribution is 2.34. The summed E-state index contributed by atoms with van der Waals surface area (Å²) < 4.78 is 0. The molecule has 0 unspecified atom stereocenters. The molecule has 0 aliphatic heterocycles. The van der Waals surface area contributed by atoms with Gasteiger partial charge in [-0.2, -0.15) is 0 Å². The minimum absolute atomic E-state index is 0.149. The zero-order valence-corrected chi connectivity index (χ0v) is 19.3. The fourth-order valence-corrected chi connectivity index (χ4v) is 6.18. The van der Waals surface area contributed by atoms with Crippen LogP contribution in [0.5, 0.6) is 0 Å². The van der Waals surface area contributed by atoms with Crippen molar-refractivity contribution in [3.63, 3.8) is 0 Å². The maximum absolute atomic E-state index is 12.9. The number of nitrogens with zero attached hydrogens (tertiary/aromatic N) is 2. The quantitative estimate of drug-likeness (QED) is 0.317.